The lowest BCUT2D eigenvalue weighted by molar-refractivity contribution is 0.303. The molecule has 3 heteroatoms. The number of rotatable bonds is 8. The van der Waals surface area contributed by atoms with Gasteiger partial charge in [0.05, 0.1) is 12.2 Å². The van der Waals surface area contributed by atoms with Crippen molar-refractivity contribution in [2.75, 3.05) is 6.61 Å². The van der Waals surface area contributed by atoms with Gasteiger partial charge in [-0.2, -0.15) is 5.26 Å². The molecule has 0 aliphatic heterocycles. The molecule has 0 radical (unpaired) electrons. The molecule has 0 unspecified atom stereocenters. The van der Waals surface area contributed by atoms with E-state index in [1.165, 1.54) is 37.8 Å². The lowest BCUT2D eigenvalue weighted by atomic mass is 10.1. The third kappa shape index (κ3) is 5.18. The summed E-state index contributed by atoms with van der Waals surface area (Å²) in [5.41, 5.74) is 0.0573. The molecule has 1 aromatic carbocycles. The van der Waals surface area contributed by atoms with Crippen LogP contribution in [-0.4, -0.2) is 6.61 Å². The van der Waals surface area contributed by atoms with E-state index in [0.717, 1.165) is 12.8 Å². The number of hydrogen-bond donors (Lipinski definition) is 0. The number of nitrogens with zero attached hydrogens (tertiary/aromatic N) is 1. The van der Waals surface area contributed by atoms with Gasteiger partial charge in [0.2, 0.25) is 0 Å². The van der Waals surface area contributed by atoms with E-state index in [0.29, 0.717) is 12.4 Å². The second-order valence-electron chi connectivity index (χ2n) is 4.37. The molecule has 0 aromatic heterocycles. The Balaban J connectivity index is 2.20. The Bertz CT molecular complexity index is 398. The topological polar surface area (TPSA) is 33.0 Å². The van der Waals surface area contributed by atoms with Gasteiger partial charge in [-0.25, -0.2) is 4.39 Å². The number of nitriles is 1. The van der Waals surface area contributed by atoms with E-state index in [4.69, 9.17) is 10.00 Å². The van der Waals surface area contributed by atoms with Crippen LogP contribution in [0.15, 0.2) is 18.2 Å². The normalized spacial score (nSPS) is 10.1. The van der Waals surface area contributed by atoms with Gasteiger partial charge in [0.15, 0.2) is 0 Å². The first-order chi connectivity index (χ1) is 8.77. The average Bonchev–Trinajstić information content (AvgIpc) is 2.38. The molecule has 0 amide bonds. The molecule has 0 fully saturated rings. The van der Waals surface area contributed by atoms with Crippen LogP contribution in [0.1, 0.15) is 51.0 Å². The van der Waals surface area contributed by atoms with Gasteiger partial charge in [-0.15, -0.1) is 0 Å². The Morgan fingerprint density at radius 1 is 1.17 bits per heavy atom. The number of benzene rings is 1. The summed E-state index contributed by atoms with van der Waals surface area (Å²) in [4.78, 5) is 0. The highest BCUT2D eigenvalue weighted by Gasteiger charge is 2.02. The summed E-state index contributed by atoms with van der Waals surface area (Å²) in [5.74, 6) is -0.0157. The maximum atomic E-state index is 13.3. The van der Waals surface area contributed by atoms with E-state index >= 15 is 0 Å². The molecule has 0 spiro atoms. The van der Waals surface area contributed by atoms with Gasteiger partial charge in [0, 0.05) is 6.07 Å². The summed E-state index contributed by atoms with van der Waals surface area (Å²) in [6.45, 7) is 2.81. The highest BCUT2D eigenvalue weighted by Crippen LogP contribution is 2.16. The van der Waals surface area contributed by atoms with E-state index < -0.39 is 5.82 Å². The number of ether oxygens (including phenoxy) is 1. The second kappa shape index (κ2) is 8.52. The molecule has 0 saturated carbocycles. The zero-order valence-corrected chi connectivity index (χ0v) is 10.9. The summed E-state index contributed by atoms with van der Waals surface area (Å²) in [5, 5.41) is 8.60. The van der Waals surface area contributed by atoms with Crippen LogP contribution in [0.2, 0.25) is 0 Å². The highest BCUT2D eigenvalue weighted by atomic mass is 19.1. The van der Waals surface area contributed by atoms with Crippen molar-refractivity contribution in [3.8, 4) is 11.8 Å². The van der Waals surface area contributed by atoms with Crippen LogP contribution in [0.25, 0.3) is 0 Å². The Labute approximate surface area is 108 Å². The predicted molar refractivity (Wildman–Crippen MR) is 70.0 cm³/mol. The van der Waals surface area contributed by atoms with E-state index in [1.54, 1.807) is 12.1 Å². The lowest BCUT2D eigenvalue weighted by Crippen LogP contribution is -1.98. The van der Waals surface area contributed by atoms with Crippen molar-refractivity contribution in [1.29, 1.82) is 5.26 Å². The number of halogens is 1. The average molecular weight is 249 g/mol. The van der Waals surface area contributed by atoms with Crippen LogP contribution in [-0.2, 0) is 0 Å². The van der Waals surface area contributed by atoms with Gasteiger partial charge in [-0.05, 0) is 18.6 Å². The lowest BCUT2D eigenvalue weighted by Gasteiger charge is -2.06. The predicted octanol–water partition coefficient (Wildman–Crippen LogP) is 4.44. The fourth-order valence-electron chi connectivity index (χ4n) is 1.75. The fraction of sp³-hybridized carbons (Fsp3) is 0.533. The molecule has 0 saturated heterocycles. The quantitative estimate of drug-likeness (QED) is 0.638. The molecule has 0 atom stereocenters. The molecule has 0 N–H and O–H groups in total. The molecule has 1 aromatic rings. The number of unbranched alkanes of at least 4 members (excludes halogenated alkanes) is 5. The van der Waals surface area contributed by atoms with Crippen LogP contribution in [0.4, 0.5) is 4.39 Å². The molecule has 0 heterocycles. The molecule has 0 bridgehead atoms. The Kier molecular flexibility index (Phi) is 6.86. The van der Waals surface area contributed by atoms with Crippen molar-refractivity contribution in [3.05, 3.63) is 29.6 Å². The minimum Gasteiger partial charge on any atom is -0.493 e. The number of hydrogen-bond acceptors (Lipinski definition) is 2. The van der Waals surface area contributed by atoms with E-state index in [2.05, 4.69) is 6.92 Å². The maximum Gasteiger partial charge on any atom is 0.144 e. The Morgan fingerprint density at radius 3 is 2.56 bits per heavy atom. The maximum absolute atomic E-state index is 13.3. The van der Waals surface area contributed by atoms with Gasteiger partial charge in [-0.1, -0.05) is 39.0 Å². The molecule has 1 rings (SSSR count). The largest absolute Gasteiger partial charge is 0.493 e. The fourth-order valence-corrected chi connectivity index (χ4v) is 1.75. The van der Waals surface area contributed by atoms with E-state index in [1.807, 2.05) is 0 Å². The Morgan fingerprint density at radius 2 is 1.89 bits per heavy atom. The van der Waals surface area contributed by atoms with E-state index in [-0.39, 0.29) is 5.56 Å². The summed E-state index contributed by atoms with van der Waals surface area (Å²) in [7, 11) is 0. The first-order valence-electron chi connectivity index (χ1n) is 6.60. The monoisotopic (exact) mass is 249 g/mol. The van der Waals surface area contributed by atoms with Gasteiger partial charge >= 0.3 is 0 Å². The van der Waals surface area contributed by atoms with E-state index in [9.17, 15) is 4.39 Å². The molecular formula is C15H20FNO. The van der Waals surface area contributed by atoms with Gasteiger partial charge in [0.1, 0.15) is 17.6 Å². The molecule has 0 aliphatic rings. The molecule has 98 valence electrons. The van der Waals surface area contributed by atoms with Crippen LogP contribution in [0, 0.1) is 17.1 Å². The summed E-state index contributed by atoms with van der Waals surface area (Å²) in [6.07, 6.45) is 7.20. The van der Waals surface area contributed by atoms with Crippen LogP contribution >= 0.6 is 0 Å². The minimum absolute atomic E-state index is 0.0573. The Hall–Kier alpha value is -1.56. The molecular weight excluding hydrogens is 229 g/mol. The third-order valence-corrected chi connectivity index (χ3v) is 2.83. The SMILES string of the molecule is CCCCCCCCOc1ccc(C#N)c(F)c1. The van der Waals surface area contributed by atoms with Gasteiger partial charge < -0.3 is 4.74 Å². The van der Waals surface area contributed by atoms with Crippen LogP contribution < -0.4 is 4.74 Å². The minimum atomic E-state index is -0.516. The summed E-state index contributed by atoms with van der Waals surface area (Å²) in [6, 6.07) is 6.15. The van der Waals surface area contributed by atoms with Crippen LogP contribution in [0.3, 0.4) is 0 Å². The molecule has 18 heavy (non-hydrogen) atoms. The van der Waals surface area contributed by atoms with Crippen molar-refractivity contribution in [1.82, 2.24) is 0 Å². The van der Waals surface area contributed by atoms with Crippen molar-refractivity contribution < 1.29 is 9.13 Å². The first-order valence-corrected chi connectivity index (χ1v) is 6.60. The van der Waals surface area contributed by atoms with Crippen molar-refractivity contribution in [2.45, 2.75) is 45.4 Å². The molecule has 2 nitrogen and oxygen atoms in total. The van der Waals surface area contributed by atoms with Crippen LogP contribution in [0.5, 0.6) is 5.75 Å². The second-order valence-corrected chi connectivity index (χ2v) is 4.37. The molecule has 0 aliphatic carbocycles. The van der Waals surface area contributed by atoms with Gasteiger partial charge in [-0.3, -0.25) is 0 Å². The zero-order chi connectivity index (χ0) is 13.2. The third-order valence-electron chi connectivity index (χ3n) is 2.83. The first kappa shape index (κ1) is 14.5. The summed E-state index contributed by atoms with van der Waals surface area (Å²) < 4.78 is 18.7. The zero-order valence-electron chi connectivity index (χ0n) is 10.9. The smallest absolute Gasteiger partial charge is 0.144 e. The van der Waals surface area contributed by atoms with Gasteiger partial charge in [0.25, 0.3) is 0 Å². The standard InChI is InChI=1S/C15H20FNO/c1-2-3-4-5-6-7-10-18-14-9-8-13(12-17)15(16)11-14/h8-9,11H,2-7,10H2,1H3. The van der Waals surface area contributed by atoms with Crippen molar-refractivity contribution >= 4 is 0 Å². The highest BCUT2D eigenvalue weighted by molar-refractivity contribution is 5.36. The van der Waals surface area contributed by atoms with Crippen molar-refractivity contribution in [2.24, 2.45) is 0 Å². The van der Waals surface area contributed by atoms with Crippen molar-refractivity contribution in [3.63, 3.8) is 0 Å². The summed E-state index contributed by atoms with van der Waals surface area (Å²) >= 11 is 0.